The van der Waals surface area contributed by atoms with Crippen LogP contribution in [0.5, 0.6) is 0 Å². The average molecular weight is 341 g/mol. The van der Waals surface area contributed by atoms with Gasteiger partial charge in [0.25, 0.3) is 5.09 Å². The minimum Gasteiger partial charge on any atom is -0.341 e. The van der Waals surface area contributed by atoms with Gasteiger partial charge in [0, 0.05) is 29.9 Å². The highest BCUT2D eigenvalue weighted by atomic mass is 17.0. The monoisotopic (exact) mass is 341 g/mol. The zero-order valence-electron chi connectivity index (χ0n) is 14.6. The van der Waals surface area contributed by atoms with E-state index in [4.69, 9.17) is 4.84 Å². The summed E-state index contributed by atoms with van der Waals surface area (Å²) in [7, 11) is 4.12. The van der Waals surface area contributed by atoms with Crippen LogP contribution in [0.1, 0.15) is 23.7 Å². The topological polar surface area (TPSA) is 58.8 Å². The molecule has 6 nitrogen and oxygen atoms in total. The Balaban J connectivity index is 2.03. The molecule has 3 rings (SSSR count). The van der Waals surface area contributed by atoms with Crippen LogP contribution in [0.15, 0.2) is 48.5 Å². The van der Waals surface area contributed by atoms with Gasteiger partial charge in [-0.2, -0.15) is 0 Å². The van der Waals surface area contributed by atoms with Crippen molar-refractivity contribution in [3.05, 3.63) is 69.8 Å². The minimum absolute atomic E-state index is 0.484. The van der Waals surface area contributed by atoms with Crippen molar-refractivity contribution >= 4 is 11.4 Å². The minimum atomic E-state index is -0.689. The Bertz CT molecular complexity index is 748. The van der Waals surface area contributed by atoms with Gasteiger partial charge in [0.15, 0.2) is 0 Å². The number of hydrogen-bond acceptors (Lipinski definition) is 5. The Kier molecular flexibility index (Phi) is 5.19. The second kappa shape index (κ2) is 7.53. The second-order valence-electron chi connectivity index (χ2n) is 6.52. The maximum Gasteiger partial charge on any atom is 0.295 e. The number of para-hydroxylation sites is 2. The molecular weight excluding hydrogens is 318 g/mol. The summed E-state index contributed by atoms with van der Waals surface area (Å²) >= 11 is 0. The van der Waals surface area contributed by atoms with Crippen LogP contribution in [0.25, 0.3) is 0 Å². The van der Waals surface area contributed by atoms with Crippen molar-refractivity contribution in [1.82, 2.24) is 4.90 Å². The molecule has 132 valence electrons. The molecule has 0 amide bonds. The maximum atomic E-state index is 11.0. The third kappa shape index (κ3) is 3.91. The second-order valence-corrected chi connectivity index (χ2v) is 6.52. The van der Waals surface area contributed by atoms with E-state index in [-0.39, 0.29) is 0 Å². The first-order valence-electron chi connectivity index (χ1n) is 8.46. The molecule has 2 aromatic rings. The SMILES string of the molecule is CN(C)CCCN1c2ccccc2CC(O[N+](=O)[O-])c2ccccc21. The first-order valence-corrected chi connectivity index (χ1v) is 8.46. The molecule has 0 fully saturated rings. The van der Waals surface area contributed by atoms with Gasteiger partial charge in [0.2, 0.25) is 0 Å². The maximum absolute atomic E-state index is 11.0. The predicted octanol–water partition coefficient (Wildman–Crippen LogP) is 3.58. The molecule has 6 heteroatoms. The Labute approximate surface area is 147 Å². The highest BCUT2D eigenvalue weighted by molar-refractivity contribution is 5.71. The smallest absolute Gasteiger partial charge is 0.295 e. The number of fused-ring (bicyclic) bond motifs is 2. The lowest BCUT2D eigenvalue weighted by Crippen LogP contribution is -2.24. The lowest BCUT2D eigenvalue weighted by Gasteiger charge is -2.27. The number of hydrogen-bond donors (Lipinski definition) is 0. The van der Waals surface area contributed by atoms with Crippen molar-refractivity contribution in [2.75, 3.05) is 32.1 Å². The summed E-state index contributed by atoms with van der Waals surface area (Å²) in [6.07, 6.45) is 0.889. The van der Waals surface area contributed by atoms with Gasteiger partial charge in [-0.05, 0) is 44.8 Å². The predicted molar refractivity (Wildman–Crippen MR) is 97.6 cm³/mol. The third-order valence-corrected chi connectivity index (χ3v) is 4.46. The Morgan fingerprint density at radius 2 is 1.84 bits per heavy atom. The summed E-state index contributed by atoms with van der Waals surface area (Å²) in [6, 6.07) is 15.9. The fraction of sp³-hybridized carbons (Fsp3) is 0.368. The van der Waals surface area contributed by atoms with Crippen molar-refractivity contribution in [2.24, 2.45) is 0 Å². The quantitative estimate of drug-likeness (QED) is 0.594. The summed E-state index contributed by atoms with van der Waals surface area (Å²) in [5.74, 6) is 0. The standard InChI is InChI=1S/C19H23N3O3/c1-20(2)12-7-13-21-17-10-5-3-8-15(17)14-19(25-22(23)24)16-9-4-6-11-18(16)21/h3-6,8-11,19H,7,12-14H2,1-2H3. The number of rotatable bonds is 6. The summed E-state index contributed by atoms with van der Waals surface area (Å²) in [4.78, 5) is 20.4. The van der Waals surface area contributed by atoms with Crippen LogP contribution in [0.3, 0.4) is 0 Å². The van der Waals surface area contributed by atoms with Gasteiger partial charge < -0.3 is 14.6 Å². The average Bonchev–Trinajstić information content (AvgIpc) is 2.70. The van der Waals surface area contributed by atoms with Crippen LogP contribution in [-0.2, 0) is 11.3 Å². The molecule has 1 atom stereocenters. The molecule has 1 aliphatic heterocycles. The van der Waals surface area contributed by atoms with Crippen LogP contribution in [-0.4, -0.2) is 37.2 Å². The lowest BCUT2D eigenvalue weighted by molar-refractivity contribution is -0.770. The number of benzene rings is 2. The van der Waals surface area contributed by atoms with Gasteiger partial charge in [-0.25, -0.2) is 0 Å². The molecule has 0 saturated carbocycles. The summed E-state index contributed by atoms with van der Waals surface area (Å²) in [6.45, 7) is 1.83. The van der Waals surface area contributed by atoms with Crippen molar-refractivity contribution in [2.45, 2.75) is 18.9 Å². The molecule has 25 heavy (non-hydrogen) atoms. The largest absolute Gasteiger partial charge is 0.341 e. The van der Waals surface area contributed by atoms with E-state index in [1.165, 1.54) is 0 Å². The third-order valence-electron chi connectivity index (χ3n) is 4.46. The van der Waals surface area contributed by atoms with E-state index in [1.807, 2.05) is 42.5 Å². The Hall–Kier alpha value is -2.60. The van der Waals surface area contributed by atoms with E-state index in [0.717, 1.165) is 42.0 Å². The lowest BCUT2D eigenvalue weighted by atomic mass is 10.0. The van der Waals surface area contributed by atoms with E-state index < -0.39 is 11.2 Å². The molecule has 0 aromatic heterocycles. The zero-order valence-corrected chi connectivity index (χ0v) is 14.6. The van der Waals surface area contributed by atoms with Gasteiger partial charge in [-0.1, -0.05) is 36.4 Å². The van der Waals surface area contributed by atoms with E-state index in [1.54, 1.807) is 0 Å². The van der Waals surface area contributed by atoms with E-state index in [9.17, 15) is 10.1 Å². The van der Waals surface area contributed by atoms with Crippen molar-refractivity contribution in [1.29, 1.82) is 0 Å². The normalized spacial score (nSPS) is 16.1. The molecule has 1 unspecified atom stereocenters. The molecule has 1 aliphatic rings. The molecule has 0 N–H and O–H groups in total. The van der Waals surface area contributed by atoms with Gasteiger partial charge in [0.05, 0.1) is 0 Å². The van der Waals surface area contributed by atoms with E-state index >= 15 is 0 Å². The van der Waals surface area contributed by atoms with Gasteiger partial charge >= 0.3 is 0 Å². The fourth-order valence-corrected chi connectivity index (χ4v) is 3.38. The number of anilines is 2. The number of nitrogens with zero attached hydrogens (tertiary/aromatic N) is 3. The van der Waals surface area contributed by atoms with Crippen LogP contribution < -0.4 is 4.90 Å². The van der Waals surface area contributed by atoms with Crippen molar-refractivity contribution < 1.29 is 9.92 Å². The summed E-state index contributed by atoms with van der Waals surface area (Å²) in [5.41, 5.74) is 4.01. The zero-order chi connectivity index (χ0) is 17.8. The molecule has 0 spiro atoms. The van der Waals surface area contributed by atoms with E-state index in [2.05, 4.69) is 30.0 Å². The molecule has 2 aromatic carbocycles. The molecule has 1 heterocycles. The van der Waals surface area contributed by atoms with Crippen LogP contribution in [0.4, 0.5) is 11.4 Å². The Morgan fingerprint density at radius 1 is 1.16 bits per heavy atom. The summed E-state index contributed by atoms with van der Waals surface area (Å²) < 4.78 is 0. The molecule has 0 bridgehead atoms. The van der Waals surface area contributed by atoms with Crippen molar-refractivity contribution in [3.63, 3.8) is 0 Å². The van der Waals surface area contributed by atoms with Crippen LogP contribution in [0, 0.1) is 10.1 Å². The summed E-state index contributed by atoms with van der Waals surface area (Å²) in [5, 5.41) is 10.3. The van der Waals surface area contributed by atoms with E-state index in [0.29, 0.717) is 6.42 Å². The Morgan fingerprint density at radius 3 is 2.56 bits per heavy atom. The van der Waals surface area contributed by atoms with Crippen molar-refractivity contribution in [3.8, 4) is 0 Å². The van der Waals surface area contributed by atoms with Gasteiger partial charge in [0.1, 0.15) is 6.10 Å². The highest BCUT2D eigenvalue weighted by Gasteiger charge is 2.28. The molecule has 0 saturated heterocycles. The highest BCUT2D eigenvalue weighted by Crippen LogP contribution is 2.41. The first kappa shape index (κ1) is 17.2. The van der Waals surface area contributed by atoms with Gasteiger partial charge in [-0.3, -0.25) is 0 Å². The van der Waals surface area contributed by atoms with Gasteiger partial charge in [-0.15, -0.1) is 10.1 Å². The molecule has 0 radical (unpaired) electrons. The van der Waals surface area contributed by atoms with Crippen LogP contribution in [0.2, 0.25) is 0 Å². The molecular formula is C19H23N3O3. The first-order chi connectivity index (χ1) is 12.1. The fourth-order valence-electron chi connectivity index (χ4n) is 3.38. The molecule has 0 aliphatic carbocycles. The van der Waals surface area contributed by atoms with Crippen LogP contribution >= 0.6 is 0 Å².